The molecule has 0 aromatic carbocycles. The van der Waals surface area contributed by atoms with E-state index in [1.807, 2.05) is 0 Å². The average Bonchev–Trinajstić information content (AvgIpc) is 3.65. The van der Waals surface area contributed by atoms with Crippen LogP contribution >= 0.6 is 11.3 Å². The fraction of sp³-hybridized carbons (Fsp3) is 0.548. The lowest BCUT2D eigenvalue weighted by Crippen LogP contribution is -2.38. The van der Waals surface area contributed by atoms with Gasteiger partial charge in [-0.1, -0.05) is 17.4 Å². The van der Waals surface area contributed by atoms with Crippen LogP contribution in [0.1, 0.15) is 71.2 Å². The monoisotopic (exact) mass is 657 g/mol. The highest BCUT2D eigenvalue weighted by molar-refractivity contribution is 7.19. The fourth-order valence-electron chi connectivity index (χ4n) is 7.03. The number of urea groups is 1. The molecule has 0 radical (unpaired) electrons. The summed E-state index contributed by atoms with van der Waals surface area (Å²) < 4.78 is 41.4. The van der Waals surface area contributed by atoms with Crippen LogP contribution in [-0.2, 0) is 17.6 Å². The minimum absolute atomic E-state index is 0.120. The van der Waals surface area contributed by atoms with E-state index < -0.39 is 41.4 Å². The Kier molecular flexibility index (Phi) is 7.96. The van der Waals surface area contributed by atoms with Crippen LogP contribution in [0.25, 0.3) is 10.3 Å². The molecule has 0 bridgehead atoms. The van der Waals surface area contributed by atoms with Crippen molar-refractivity contribution < 1.29 is 32.7 Å². The van der Waals surface area contributed by atoms with E-state index in [2.05, 4.69) is 25.5 Å². The third-order valence-electron chi connectivity index (χ3n) is 9.92. The number of hydrogen-bond donors (Lipinski definition) is 3. The van der Waals surface area contributed by atoms with Crippen LogP contribution in [0, 0.1) is 11.3 Å². The summed E-state index contributed by atoms with van der Waals surface area (Å²) in [5.41, 5.74) is 1.18. The molecule has 3 aromatic heterocycles. The first kappa shape index (κ1) is 30.9. The number of anilines is 1. The lowest BCUT2D eigenvalue weighted by Gasteiger charge is -2.32. The van der Waals surface area contributed by atoms with Crippen molar-refractivity contribution >= 4 is 45.3 Å². The average molecular weight is 658 g/mol. The summed E-state index contributed by atoms with van der Waals surface area (Å²) in [6.45, 7) is 2.04. The number of alkyl halides is 3. The van der Waals surface area contributed by atoms with Gasteiger partial charge in [-0.25, -0.2) is 19.7 Å². The first-order chi connectivity index (χ1) is 22.0. The second-order valence-electron chi connectivity index (χ2n) is 12.8. The zero-order valence-corrected chi connectivity index (χ0v) is 25.8. The molecule has 0 spiro atoms. The quantitative estimate of drug-likeness (QED) is 0.310. The number of aliphatic hydroxyl groups is 1. The lowest BCUT2D eigenvalue weighted by molar-refractivity contribution is -0.204. The molecular formula is C31H34F3N7O4S. The maximum Gasteiger partial charge on any atom is 0.394 e. The second kappa shape index (κ2) is 11.8. The molecule has 3 N–H and O–H groups in total. The number of carbonyl (C=O) groups is 3. The van der Waals surface area contributed by atoms with Gasteiger partial charge in [-0.2, -0.15) is 13.2 Å². The number of pyridine rings is 2. The number of piperidine rings is 1. The van der Waals surface area contributed by atoms with Crippen LogP contribution in [0.15, 0.2) is 24.4 Å². The predicted molar refractivity (Wildman–Crippen MR) is 162 cm³/mol. The minimum atomic E-state index is -4.21. The third kappa shape index (κ3) is 5.95. The molecule has 5 heterocycles. The molecule has 4 amide bonds. The minimum Gasteiger partial charge on any atom is -0.393 e. The normalized spacial score (nSPS) is 22.5. The van der Waals surface area contributed by atoms with E-state index in [0.717, 1.165) is 35.7 Å². The van der Waals surface area contributed by atoms with Gasteiger partial charge in [0.05, 0.1) is 17.6 Å². The molecule has 4 aliphatic rings. The summed E-state index contributed by atoms with van der Waals surface area (Å²) in [5, 5.41) is 15.4. The third-order valence-corrected chi connectivity index (χ3v) is 10.9. The molecule has 1 saturated carbocycles. The largest absolute Gasteiger partial charge is 0.394 e. The molecular weight excluding hydrogens is 623 g/mol. The van der Waals surface area contributed by atoms with Crippen LogP contribution in [0.5, 0.6) is 0 Å². The molecule has 2 atom stereocenters. The topological polar surface area (TPSA) is 141 Å². The Morgan fingerprint density at radius 3 is 2.61 bits per heavy atom. The highest BCUT2D eigenvalue weighted by atomic mass is 32.1. The van der Waals surface area contributed by atoms with Crippen molar-refractivity contribution in [3.8, 4) is 0 Å². The zero-order valence-electron chi connectivity index (χ0n) is 25.0. The molecule has 2 saturated heterocycles. The Bertz CT molecular complexity index is 1670. The number of halogens is 3. The Balaban J connectivity index is 1.09. The summed E-state index contributed by atoms with van der Waals surface area (Å²) in [4.78, 5) is 55.0. The number of aliphatic hydroxyl groups excluding tert-OH is 1. The van der Waals surface area contributed by atoms with E-state index in [1.54, 1.807) is 24.4 Å². The number of hydrogen-bond acceptors (Lipinski definition) is 9. The van der Waals surface area contributed by atoms with Gasteiger partial charge in [0, 0.05) is 31.5 Å². The van der Waals surface area contributed by atoms with Gasteiger partial charge in [-0.15, -0.1) is 0 Å². The molecule has 1 unspecified atom stereocenters. The number of aromatic nitrogens is 3. The Hall–Kier alpha value is -3.69. The number of fused-ring (bicyclic) bond motifs is 2. The van der Waals surface area contributed by atoms with Crippen molar-refractivity contribution in [1.29, 1.82) is 0 Å². The molecule has 3 fully saturated rings. The van der Waals surface area contributed by atoms with Crippen LogP contribution in [0.3, 0.4) is 0 Å². The van der Waals surface area contributed by atoms with Crippen molar-refractivity contribution in [3.63, 3.8) is 0 Å². The Morgan fingerprint density at radius 2 is 1.96 bits per heavy atom. The number of rotatable bonds is 8. The van der Waals surface area contributed by atoms with E-state index in [-0.39, 0.29) is 30.5 Å². The summed E-state index contributed by atoms with van der Waals surface area (Å²) >= 11 is 1.15. The van der Waals surface area contributed by atoms with E-state index in [0.29, 0.717) is 66.8 Å². The maximum absolute atomic E-state index is 13.8. The van der Waals surface area contributed by atoms with Crippen LogP contribution in [0.2, 0.25) is 0 Å². The number of likely N-dealkylation sites (tertiary alicyclic amines) is 1. The molecule has 15 heteroatoms. The summed E-state index contributed by atoms with van der Waals surface area (Å²) in [7, 11) is 0. The van der Waals surface area contributed by atoms with Crippen molar-refractivity contribution in [2.24, 2.45) is 11.3 Å². The summed E-state index contributed by atoms with van der Waals surface area (Å²) in [6, 6.07) is 4.19. The van der Waals surface area contributed by atoms with E-state index in [4.69, 9.17) is 4.98 Å². The molecule has 3 aromatic rings. The fourth-order valence-corrected chi connectivity index (χ4v) is 7.87. The van der Waals surface area contributed by atoms with Gasteiger partial charge in [0.15, 0.2) is 5.01 Å². The lowest BCUT2D eigenvalue weighted by atomic mass is 9.76. The molecule has 11 nitrogen and oxygen atoms in total. The number of thiazole rings is 1. The van der Waals surface area contributed by atoms with E-state index in [1.165, 1.54) is 4.90 Å². The number of carbonyl (C=O) groups excluding carboxylic acids is 3. The first-order valence-electron chi connectivity index (χ1n) is 15.6. The van der Waals surface area contributed by atoms with Gasteiger partial charge in [0.1, 0.15) is 22.7 Å². The van der Waals surface area contributed by atoms with Crippen molar-refractivity contribution in [3.05, 3.63) is 46.2 Å². The number of aryl methyl sites for hydroxylation is 1. The number of nitrogens with one attached hydrogen (secondary N) is 2. The van der Waals surface area contributed by atoms with Gasteiger partial charge in [0.2, 0.25) is 5.91 Å². The van der Waals surface area contributed by atoms with Gasteiger partial charge in [-0.3, -0.25) is 19.8 Å². The van der Waals surface area contributed by atoms with Crippen molar-refractivity contribution in [2.45, 2.75) is 69.7 Å². The predicted octanol–water partition coefficient (Wildman–Crippen LogP) is 3.91. The van der Waals surface area contributed by atoms with E-state index in [9.17, 15) is 32.7 Å². The molecule has 7 rings (SSSR count). The Labute approximate surface area is 266 Å². The van der Waals surface area contributed by atoms with Gasteiger partial charge >= 0.3 is 12.2 Å². The van der Waals surface area contributed by atoms with Crippen molar-refractivity contribution in [2.75, 3.05) is 31.1 Å². The molecule has 2 aliphatic heterocycles. The summed E-state index contributed by atoms with van der Waals surface area (Å²) in [5.74, 6) is -0.967. The SMILES string of the molecule is O=C1CN(c2ccc(C(CCN3CCC(O)CC3)NC(=O)c3nc4cc5c(nc4s3)CC[C@H](C3(C(F)(F)F)CC3)C5)cn2)C(=O)N1. The summed E-state index contributed by atoms with van der Waals surface area (Å²) in [6.07, 6.45) is 0.569. The second-order valence-corrected chi connectivity index (χ2v) is 13.8. The standard InChI is InChI=1S/C31H34F3N7O4S/c32-31(33,34)30(8-9-30)19-2-3-21-18(13-19)14-23-27(37-21)46-28(38-23)26(44)36-22(7-12-40-10-5-20(42)6-11-40)17-1-4-24(35-15-17)41-16-25(43)39-29(41)45/h1,4,14-15,19-20,22,42H,2-3,5-13,16H2,(H,36,44)(H,39,43,45)/t19-,22?/m0/s1. The molecule has 244 valence electrons. The van der Waals surface area contributed by atoms with Gasteiger partial charge in [-0.05, 0) is 80.5 Å². The number of imide groups is 1. The number of amides is 4. The van der Waals surface area contributed by atoms with Gasteiger partial charge < -0.3 is 15.3 Å². The Morgan fingerprint density at radius 1 is 1.17 bits per heavy atom. The zero-order chi connectivity index (χ0) is 32.2. The highest BCUT2D eigenvalue weighted by Crippen LogP contribution is 2.64. The van der Waals surface area contributed by atoms with Gasteiger partial charge in [0.25, 0.3) is 5.91 Å². The molecule has 46 heavy (non-hydrogen) atoms. The van der Waals surface area contributed by atoms with Crippen LogP contribution in [0.4, 0.5) is 23.8 Å². The molecule has 2 aliphatic carbocycles. The highest BCUT2D eigenvalue weighted by Gasteiger charge is 2.66. The van der Waals surface area contributed by atoms with Crippen molar-refractivity contribution in [1.82, 2.24) is 30.5 Å². The maximum atomic E-state index is 13.8. The first-order valence-corrected chi connectivity index (χ1v) is 16.5. The van der Waals surface area contributed by atoms with E-state index >= 15 is 0 Å². The number of nitrogens with zero attached hydrogens (tertiary/aromatic N) is 5. The van der Waals surface area contributed by atoms with Crippen LogP contribution in [-0.4, -0.2) is 81.3 Å². The smallest absolute Gasteiger partial charge is 0.393 e. The van der Waals surface area contributed by atoms with Crippen LogP contribution < -0.4 is 15.5 Å².